The predicted molar refractivity (Wildman–Crippen MR) is 159 cm³/mol. The SMILES string of the molecule is c1ccc(-c2cc(-c3cccc4c3[nH]c3ccccc34)cc(-c3cccc4c3oc3ccccc34)c2)cc1. The van der Waals surface area contributed by atoms with E-state index >= 15 is 0 Å². The fraction of sp³-hybridized carbons (Fsp3) is 0. The second-order valence-electron chi connectivity index (χ2n) is 9.84. The van der Waals surface area contributed by atoms with Crippen LogP contribution in [-0.2, 0) is 0 Å². The largest absolute Gasteiger partial charge is 0.455 e. The van der Waals surface area contributed by atoms with Crippen molar-refractivity contribution < 1.29 is 4.42 Å². The van der Waals surface area contributed by atoms with Crippen molar-refractivity contribution in [2.24, 2.45) is 0 Å². The van der Waals surface area contributed by atoms with E-state index < -0.39 is 0 Å². The van der Waals surface area contributed by atoms with E-state index in [1.165, 1.54) is 33.0 Å². The Morgan fingerprint density at radius 3 is 1.92 bits per heavy atom. The molecule has 0 saturated carbocycles. The minimum absolute atomic E-state index is 0.914. The third kappa shape index (κ3) is 3.21. The number of hydrogen-bond acceptors (Lipinski definition) is 1. The van der Waals surface area contributed by atoms with Crippen LogP contribution in [0, 0.1) is 0 Å². The fourth-order valence-corrected chi connectivity index (χ4v) is 5.82. The lowest BCUT2D eigenvalue weighted by Crippen LogP contribution is -1.87. The first-order valence-electron chi connectivity index (χ1n) is 12.9. The van der Waals surface area contributed by atoms with Gasteiger partial charge in [-0.25, -0.2) is 0 Å². The molecule has 0 bridgehead atoms. The van der Waals surface area contributed by atoms with E-state index in [9.17, 15) is 0 Å². The van der Waals surface area contributed by atoms with Gasteiger partial charge in [-0.05, 0) is 52.6 Å². The summed E-state index contributed by atoms with van der Waals surface area (Å²) in [7, 11) is 0. The first-order chi connectivity index (χ1) is 18.8. The molecule has 0 atom stereocenters. The average Bonchev–Trinajstić information content (AvgIpc) is 3.56. The van der Waals surface area contributed by atoms with Crippen LogP contribution < -0.4 is 0 Å². The zero-order valence-corrected chi connectivity index (χ0v) is 20.6. The molecular formula is C36H23NO. The third-order valence-corrected chi connectivity index (χ3v) is 7.61. The number of fused-ring (bicyclic) bond motifs is 6. The minimum atomic E-state index is 0.914. The highest BCUT2D eigenvalue weighted by molar-refractivity contribution is 6.13. The zero-order valence-electron chi connectivity index (χ0n) is 20.6. The number of benzene rings is 6. The van der Waals surface area contributed by atoms with Crippen molar-refractivity contribution in [1.29, 1.82) is 0 Å². The van der Waals surface area contributed by atoms with Gasteiger partial charge in [0.2, 0.25) is 0 Å². The normalized spacial score (nSPS) is 11.7. The Morgan fingerprint density at radius 1 is 0.421 bits per heavy atom. The molecular weight excluding hydrogens is 462 g/mol. The molecule has 38 heavy (non-hydrogen) atoms. The molecule has 178 valence electrons. The summed E-state index contributed by atoms with van der Waals surface area (Å²) in [6.45, 7) is 0. The van der Waals surface area contributed by atoms with E-state index in [0.29, 0.717) is 0 Å². The Labute approximate surface area is 219 Å². The van der Waals surface area contributed by atoms with Gasteiger partial charge in [0.1, 0.15) is 11.2 Å². The minimum Gasteiger partial charge on any atom is -0.455 e. The van der Waals surface area contributed by atoms with Gasteiger partial charge in [-0.3, -0.25) is 0 Å². The molecule has 2 heteroatoms. The quantitative estimate of drug-likeness (QED) is 0.265. The van der Waals surface area contributed by atoms with Crippen molar-refractivity contribution in [1.82, 2.24) is 4.98 Å². The number of furan rings is 1. The van der Waals surface area contributed by atoms with Gasteiger partial charge in [0.25, 0.3) is 0 Å². The standard InChI is InChI=1S/C36H23NO/c1-2-10-23(11-3-1)24-20-25(27-14-8-16-31-29-12-4-6-18-33(29)37-35(27)31)22-26(21-24)28-15-9-17-32-30-13-5-7-19-34(30)38-36(28)32/h1-22,37H. The summed E-state index contributed by atoms with van der Waals surface area (Å²) < 4.78 is 6.43. The molecule has 0 aliphatic heterocycles. The van der Waals surface area contributed by atoms with Gasteiger partial charge in [-0.2, -0.15) is 0 Å². The van der Waals surface area contributed by atoms with Crippen molar-refractivity contribution in [3.8, 4) is 33.4 Å². The number of H-pyrrole nitrogens is 1. The Bertz CT molecular complexity index is 2000. The van der Waals surface area contributed by atoms with Crippen molar-refractivity contribution in [3.63, 3.8) is 0 Å². The molecule has 6 aromatic carbocycles. The van der Waals surface area contributed by atoms with Crippen LogP contribution in [0.1, 0.15) is 0 Å². The highest BCUT2D eigenvalue weighted by Gasteiger charge is 2.16. The predicted octanol–water partition coefficient (Wildman–Crippen LogP) is 10.2. The number of para-hydroxylation sites is 4. The Balaban J connectivity index is 1.43. The molecule has 0 saturated heterocycles. The number of aromatic amines is 1. The van der Waals surface area contributed by atoms with Crippen molar-refractivity contribution in [3.05, 3.63) is 133 Å². The lowest BCUT2D eigenvalue weighted by atomic mass is 9.92. The molecule has 2 aromatic heterocycles. The van der Waals surface area contributed by atoms with Gasteiger partial charge >= 0.3 is 0 Å². The number of nitrogens with one attached hydrogen (secondary N) is 1. The van der Waals surface area contributed by atoms with E-state index in [2.05, 4.69) is 126 Å². The molecule has 0 fully saturated rings. The van der Waals surface area contributed by atoms with Crippen LogP contribution >= 0.6 is 0 Å². The van der Waals surface area contributed by atoms with E-state index in [1.807, 2.05) is 12.1 Å². The maximum absolute atomic E-state index is 6.43. The summed E-state index contributed by atoms with van der Waals surface area (Å²) in [6.07, 6.45) is 0. The van der Waals surface area contributed by atoms with Gasteiger partial charge < -0.3 is 9.40 Å². The summed E-state index contributed by atoms with van der Waals surface area (Å²) >= 11 is 0. The maximum atomic E-state index is 6.43. The second-order valence-corrected chi connectivity index (χ2v) is 9.84. The van der Waals surface area contributed by atoms with Crippen LogP contribution in [0.5, 0.6) is 0 Å². The highest BCUT2D eigenvalue weighted by Crippen LogP contribution is 2.40. The van der Waals surface area contributed by atoms with Gasteiger partial charge in [-0.1, -0.05) is 103 Å². The molecule has 8 aromatic rings. The Morgan fingerprint density at radius 2 is 1.05 bits per heavy atom. The van der Waals surface area contributed by atoms with Crippen LogP contribution in [0.3, 0.4) is 0 Å². The van der Waals surface area contributed by atoms with Crippen molar-refractivity contribution in [2.45, 2.75) is 0 Å². The van der Waals surface area contributed by atoms with Crippen LogP contribution in [0.2, 0.25) is 0 Å². The van der Waals surface area contributed by atoms with Crippen LogP contribution in [0.15, 0.2) is 138 Å². The summed E-state index contributed by atoms with van der Waals surface area (Å²) in [5.74, 6) is 0. The topological polar surface area (TPSA) is 28.9 Å². The molecule has 0 unspecified atom stereocenters. The molecule has 2 nitrogen and oxygen atoms in total. The Kier molecular flexibility index (Phi) is 4.55. The van der Waals surface area contributed by atoms with Crippen LogP contribution in [-0.4, -0.2) is 4.98 Å². The second kappa shape index (κ2) is 8.22. The summed E-state index contributed by atoms with van der Waals surface area (Å²) in [6, 6.07) is 47.3. The molecule has 8 rings (SSSR count). The van der Waals surface area contributed by atoms with Crippen LogP contribution in [0.25, 0.3) is 77.1 Å². The van der Waals surface area contributed by atoms with Crippen molar-refractivity contribution >= 4 is 43.7 Å². The van der Waals surface area contributed by atoms with Gasteiger partial charge in [0.05, 0.1) is 5.52 Å². The van der Waals surface area contributed by atoms with E-state index in [1.54, 1.807) is 0 Å². The van der Waals surface area contributed by atoms with Gasteiger partial charge in [0.15, 0.2) is 0 Å². The lowest BCUT2D eigenvalue weighted by molar-refractivity contribution is 0.670. The smallest absolute Gasteiger partial charge is 0.143 e. The lowest BCUT2D eigenvalue weighted by Gasteiger charge is -2.12. The highest BCUT2D eigenvalue weighted by atomic mass is 16.3. The molecule has 1 N–H and O–H groups in total. The summed E-state index contributed by atoms with van der Waals surface area (Å²) in [5, 5.41) is 4.77. The number of rotatable bonds is 3. The van der Waals surface area contributed by atoms with Crippen LogP contribution in [0.4, 0.5) is 0 Å². The molecule has 0 aliphatic rings. The number of aromatic nitrogens is 1. The first-order valence-corrected chi connectivity index (χ1v) is 12.9. The zero-order chi connectivity index (χ0) is 25.1. The summed E-state index contributed by atoms with van der Waals surface area (Å²) in [4.78, 5) is 3.69. The van der Waals surface area contributed by atoms with Gasteiger partial charge in [0, 0.05) is 38.2 Å². The van der Waals surface area contributed by atoms with Gasteiger partial charge in [-0.15, -0.1) is 0 Å². The maximum Gasteiger partial charge on any atom is 0.143 e. The third-order valence-electron chi connectivity index (χ3n) is 7.61. The molecule has 0 aliphatic carbocycles. The average molecular weight is 486 g/mol. The molecule has 0 radical (unpaired) electrons. The number of hydrogen-bond donors (Lipinski definition) is 1. The fourth-order valence-electron chi connectivity index (χ4n) is 5.82. The molecule has 0 spiro atoms. The van der Waals surface area contributed by atoms with E-state index in [-0.39, 0.29) is 0 Å². The molecule has 0 amide bonds. The van der Waals surface area contributed by atoms with Crippen molar-refractivity contribution in [2.75, 3.05) is 0 Å². The summed E-state index contributed by atoms with van der Waals surface area (Å²) in [5.41, 5.74) is 11.1. The first kappa shape index (κ1) is 21.0. The molecule has 2 heterocycles. The monoisotopic (exact) mass is 485 g/mol. The Hall–Kier alpha value is -5.08. The van der Waals surface area contributed by atoms with E-state index in [4.69, 9.17) is 4.42 Å². The van der Waals surface area contributed by atoms with E-state index in [0.717, 1.165) is 44.1 Å².